The quantitative estimate of drug-likeness (QED) is 0.878. The zero-order chi connectivity index (χ0) is 16.1. The van der Waals surface area contributed by atoms with Gasteiger partial charge in [0.1, 0.15) is 6.04 Å². The van der Waals surface area contributed by atoms with Crippen LogP contribution >= 0.6 is 11.3 Å². The zero-order valence-corrected chi connectivity index (χ0v) is 14.0. The van der Waals surface area contributed by atoms with Gasteiger partial charge >= 0.3 is 0 Å². The third-order valence-corrected chi connectivity index (χ3v) is 4.82. The number of carbonyl (C=O) groups excluding carboxylic acids is 1. The maximum absolute atomic E-state index is 12.3. The first kappa shape index (κ1) is 16.1. The van der Waals surface area contributed by atoms with Gasteiger partial charge in [0.15, 0.2) is 5.82 Å². The van der Waals surface area contributed by atoms with Crippen molar-refractivity contribution in [2.75, 3.05) is 13.2 Å². The summed E-state index contributed by atoms with van der Waals surface area (Å²) in [6.45, 7) is 3.20. The van der Waals surface area contributed by atoms with Crippen LogP contribution in [0.15, 0.2) is 21.3 Å². The fourth-order valence-electron chi connectivity index (χ4n) is 2.81. The number of rotatable bonds is 6. The summed E-state index contributed by atoms with van der Waals surface area (Å²) in [5, 5.41) is 11.1. The standard InChI is InChI=1S/C16H21N3O3S/c1-11-17-16(22-19-11)15(13-4-7-21-8-5-13)18-14(20)3-2-12-6-9-23-10-12/h6,9-10,13,15H,2-5,7-8H2,1H3,(H,18,20)/t15-/m1/s1. The van der Waals surface area contributed by atoms with Gasteiger partial charge < -0.3 is 14.6 Å². The Hall–Kier alpha value is -1.73. The molecule has 1 N–H and O–H groups in total. The summed E-state index contributed by atoms with van der Waals surface area (Å²) in [6, 6.07) is 1.82. The lowest BCUT2D eigenvalue weighted by Crippen LogP contribution is -2.36. The van der Waals surface area contributed by atoms with Crippen LogP contribution in [0.2, 0.25) is 0 Å². The number of amides is 1. The van der Waals surface area contributed by atoms with Crippen LogP contribution < -0.4 is 5.32 Å². The van der Waals surface area contributed by atoms with Gasteiger partial charge in [-0.25, -0.2) is 0 Å². The van der Waals surface area contributed by atoms with Crippen LogP contribution in [-0.2, 0) is 16.0 Å². The lowest BCUT2D eigenvalue weighted by Gasteiger charge is -2.28. The molecule has 0 aliphatic carbocycles. The Morgan fingerprint density at radius 2 is 2.30 bits per heavy atom. The summed E-state index contributed by atoms with van der Waals surface area (Å²) >= 11 is 1.65. The van der Waals surface area contributed by atoms with Gasteiger partial charge in [0, 0.05) is 19.6 Å². The molecular weight excluding hydrogens is 314 g/mol. The first-order valence-electron chi connectivity index (χ1n) is 7.91. The highest BCUT2D eigenvalue weighted by molar-refractivity contribution is 7.07. The number of hydrogen-bond acceptors (Lipinski definition) is 6. The monoisotopic (exact) mass is 335 g/mol. The minimum absolute atomic E-state index is 0.0172. The smallest absolute Gasteiger partial charge is 0.249 e. The first-order chi connectivity index (χ1) is 11.2. The molecule has 0 radical (unpaired) electrons. The molecule has 1 saturated heterocycles. The highest BCUT2D eigenvalue weighted by Gasteiger charge is 2.30. The summed E-state index contributed by atoms with van der Waals surface area (Å²) in [5.41, 5.74) is 1.20. The maximum atomic E-state index is 12.3. The number of carbonyl (C=O) groups is 1. The number of aryl methyl sites for hydroxylation is 2. The summed E-state index contributed by atoms with van der Waals surface area (Å²) in [5.74, 6) is 1.38. The Balaban J connectivity index is 1.64. The number of ether oxygens (including phenoxy) is 1. The Morgan fingerprint density at radius 1 is 1.48 bits per heavy atom. The highest BCUT2D eigenvalue weighted by Crippen LogP contribution is 2.29. The number of hydrogen-bond donors (Lipinski definition) is 1. The highest BCUT2D eigenvalue weighted by atomic mass is 32.1. The lowest BCUT2D eigenvalue weighted by molar-refractivity contribution is -0.122. The molecule has 0 saturated carbocycles. The molecule has 3 heterocycles. The van der Waals surface area contributed by atoms with E-state index in [1.807, 2.05) is 5.38 Å². The molecule has 0 unspecified atom stereocenters. The van der Waals surface area contributed by atoms with Crippen LogP contribution in [0.1, 0.15) is 42.6 Å². The van der Waals surface area contributed by atoms with Crippen molar-refractivity contribution in [2.45, 2.75) is 38.6 Å². The average Bonchev–Trinajstić information content (AvgIpc) is 3.23. The van der Waals surface area contributed by atoms with Crippen molar-refractivity contribution in [3.8, 4) is 0 Å². The van der Waals surface area contributed by atoms with Gasteiger partial charge in [0.2, 0.25) is 11.8 Å². The van der Waals surface area contributed by atoms with Crippen molar-refractivity contribution in [1.82, 2.24) is 15.5 Å². The molecule has 6 nitrogen and oxygen atoms in total. The molecular formula is C16H21N3O3S. The second kappa shape index (κ2) is 7.70. The van der Waals surface area contributed by atoms with E-state index in [0.717, 1.165) is 19.3 Å². The van der Waals surface area contributed by atoms with Gasteiger partial charge in [-0.3, -0.25) is 4.79 Å². The van der Waals surface area contributed by atoms with Crippen LogP contribution in [-0.4, -0.2) is 29.3 Å². The molecule has 1 aliphatic rings. The van der Waals surface area contributed by atoms with Crippen molar-refractivity contribution >= 4 is 17.2 Å². The Morgan fingerprint density at radius 3 is 2.96 bits per heavy atom. The third-order valence-electron chi connectivity index (χ3n) is 4.08. The molecule has 2 aromatic rings. The predicted molar refractivity (Wildman–Crippen MR) is 86.1 cm³/mol. The van der Waals surface area contributed by atoms with E-state index < -0.39 is 0 Å². The van der Waals surface area contributed by atoms with E-state index in [1.54, 1.807) is 18.3 Å². The second-order valence-corrected chi connectivity index (χ2v) is 6.59. The maximum Gasteiger partial charge on any atom is 0.249 e. The number of nitrogens with zero attached hydrogens (tertiary/aromatic N) is 2. The van der Waals surface area contributed by atoms with E-state index in [9.17, 15) is 4.79 Å². The Bertz CT molecular complexity index is 620. The van der Waals surface area contributed by atoms with Gasteiger partial charge in [-0.1, -0.05) is 5.16 Å². The number of nitrogens with one attached hydrogen (secondary N) is 1. The zero-order valence-electron chi connectivity index (χ0n) is 13.2. The third kappa shape index (κ3) is 4.39. The Kier molecular flexibility index (Phi) is 5.40. The molecule has 1 aliphatic heterocycles. The van der Waals surface area contributed by atoms with E-state index in [1.165, 1.54) is 5.56 Å². The van der Waals surface area contributed by atoms with Crippen LogP contribution in [0.3, 0.4) is 0 Å². The summed E-state index contributed by atoms with van der Waals surface area (Å²) in [4.78, 5) is 16.7. The van der Waals surface area contributed by atoms with E-state index in [0.29, 0.717) is 31.3 Å². The summed E-state index contributed by atoms with van der Waals surface area (Å²) in [7, 11) is 0. The van der Waals surface area contributed by atoms with Crippen LogP contribution in [0.5, 0.6) is 0 Å². The van der Waals surface area contributed by atoms with Gasteiger partial charge in [-0.15, -0.1) is 0 Å². The average molecular weight is 335 g/mol. The van der Waals surface area contributed by atoms with E-state index in [2.05, 4.69) is 26.9 Å². The van der Waals surface area contributed by atoms with Crippen molar-refractivity contribution in [3.05, 3.63) is 34.1 Å². The van der Waals surface area contributed by atoms with Crippen molar-refractivity contribution in [3.63, 3.8) is 0 Å². The minimum Gasteiger partial charge on any atom is -0.381 e. The van der Waals surface area contributed by atoms with Crippen LogP contribution in [0, 0.1) is 12.8 Å². The van der Waals surface area contributed by atoms with Gasteiger partial charge in [0.25, 0.3) is 0 Å². The SMILES string of the molecule is Cc1noc([C@H](NC(=O)CCc2ccsc2)C2CCOCC2)n1. The topological polar surface area (TPSA) is 77.2 Å². The molecule has 2 aromatic heterocycles. The molecule has 1 fully saturated rings. The van der Waals surface area contributed by atoms with E-state index in [-0.39, 0.29) is 17.9 Å². The van der Waals surface area contributed by atoms with Crippen LogP contribution in [0.25, 0.3) is 0 Å². The fraction of sp³-hybridized carbons (Fsp3) is 0.562. The van der Waals surface area contributed by atoms with Crippen molar-refractivity contribution in [2.24, 2.45) is 5.92 Å². The lowest BCUT2D eigenvalue weighted by atomic mass is 9.91. The van der Waals surface area contributed by atoms with Crippen molar-refractivity contribution in [1.29, 1.82) is 0 Å². The van der Waals surface area contributed by atoms with Gasteiger partial charge in [-0.2, -0.15) is 16.3 Å². The molecule has 0 aromatic carbocycles. The van der Waals surface area contributed by atoms with Gasteiger partial charge in [-0.05, 0) is 54.5 Å². The van der Waals surface area contributed by atoms with Gasteiger partial charge in [0.05, 0.1) is 0 Å². The van der Waals surface area contributed by atoms with Crippen LogP contribution in [0.4, 0.5) is 0 Å². The predicted octanol–water partition coefficient (Wildman–Crippen LogP) is 2.66. The molecule has 1 atom stereocenters. The van der Waals surface area contributed by atoms with Crippen molar-refractivity contribution < 1.29 is 14.1 Å². The normalized spacial score (nSPS) is 17.1. The molecule has 7 heteroatoms. The molecule has 0 spiro atoms. The second-order valence-electron chi connectivity index (χ2n) is 5.81. The Labute approximate surface area is 139 Å². The summed E-state index contributed by atoms with van der Waals surface area (Å²) in [6.07, 6.45) is 2.98. The molecule has 1 amide bonds. The van der Waals surface area contributed by atoms with E-state index >= 15 is 0 Å². The van der Waals surface area contributed by atoms with E-state index in [4.69, 9.17) is 9.26 Å². The summed E-state index contributed by atoms with van der Waals surface area (Å²) < 4.78 is 10.7. The fourth-order valence-corrected chi connectivity index (χ4v) is 3.51. The molecule has 124 valence electrons. The first-order valence-corrected chi connectivity index (χ1v) is 8.85. The molecule has 23 heavy (non-hydrogen) atoms. The number of thiophene rings is 1. The molecule has 3 rings (SSSR count). The largest absolute Gasteiger partial charge is 0.381 e. The minimum atomic E-state index is -0.227. The number of aromatic nitrogens is 2. The molecule has 0 bridgehead atoms.